The highest BCUT2D eigenvalue weighted by atomic mass is 32.2. The first-order valence-electron chi connectivity index (χ1n) is 8.38. The molecule has 3 rings (SSSR count). The van der Waals surface area contributed by atoms with Gasteiger partial charge in [-0.2, -0.15) is 0 Å². The summed E-state index contributed by atoms with van der Waals surface area (Å²) in [6.07, 6.45) is 0.852. The summed E-state index contributed by atoms with van der Waals surface area (Å²) in [4.78, 5) is 2.65. The molecule has 1 saturated heterocycles. The van der Waals surface area contributed by atoms with Crippen LogP contribution in [0.2, 0.25) is 0 Å². The minimum atomic E-state index is -3.55. The standard InChI is InChI=1S/C19H24N2O2S/c1-15(2)21-13-12-17(14-21)20-24(22,23)19-11-7-6-10-18(19)16-8-4-3-5-9-16/h3-11,15,17,20H,12-14H2,1-2H3/t17-/m1/s1. The van der Waals surface area contributed by atoms with Crippen molar-refractivity contribution in [2.45, 2.75) is 37.2 Å². The fourth-order valence-electron chi connectivity index (χ4n) is 3.19. The molecular weight excluding hydrogens is 320 g/mol. The van der Waals surface area contributed by atoms with Crippen molar-refractivity contribution in [3.8, 4) is 11.1 Å². The molecule has 1 N–H and O–H groups in total. The summed E-state index contributed by atoms with van der Waals surface area (Å²) in [7, 11) is -3.55. The molecule has 0 aromatic heterocycles. The van der Waals surface area contributed by atoms with Crippen LogP contribution < -0.4 is 4.72 Å². The molecule has 0 radical (unpaired) electrons. The molecule has 0 aliphatic carbocycles. The molecule has 4 nitrogen and oxygen atoms in total. The summed E-state index contributed by atoms with van der Waals surface area (Å²) in [6.45, 7) is 5.98. The van der Waals surface area contributed by atoms with E-state index in [4.69, 9.17) is 0 Å². The number of benzene rings is 2. The Bertz CT molecular complexity index is 788. The number of hydrogen-bond acceptors (Lipinski definition) is 3. The quantitative estimate of drug-likeness (QED) is 0.907. The van der Waals surface area contributed by atoms with Crippen LogP contribution in [0.4, 0.5) is 0 Å². The van der Waals surface area contributed by atoms with Crippen LogP contribution in [0.5, 0.6) is 0 Å². The van der Waals surface area contributed by atoms with Crippen LogP contribution in [-0.4, -0.2) is 38.5 Å². The van der Waals surface area contributed by atoms with E-state index in [1.54, 1.807) is 12.1 Å². The van der Waals surface area contributed by atoms with Crippen LogP contribution in [0.3, 0.4) is 0 Å². The molecule has 24 heavy (non-hydrogen) atoms. The van der Waals surface area contributed by atoms with Gasteiger partial charge < -0.3 is 0 Å². The van der Waals surface area contributed by atoms with Gasteiger partial charge in [0.2, 0.25) is 10.0 Å². The van der Waals surface area contributed by atoms with E-state index in [-0.39, 0.29) is 6.04 Å². The Hall–Kier alpha value is -1.69. The topological polar surface area (TPSA) is 49.4 Å². The van der Waals surface area contributed by atoms with Crippen molar-refractivity contribution in [3.63, 3.8) is 0 Å². The van der Waals surface area contributed by atoms with E-state index in [2.05, 4.69) is 23.5 Å². The van der Waals surface area contributed by atoms with Gasteiger partial charge >= 0.3 is 0 Å². The molecule has 128 valence electrons. The predicted octanol–water partition coefficient (Wildman–Crippen LogP) is 3.11. The zero-order valence-electron chi connectivity index (χ0n) is 14.1. The third-order valence-corrected chi connectivity index (χ3v) is 6.11. The average molecular weight is 344 g/mol. The summed E-state index contributed by atoms with van der Waals surface area (Å²) < 4.78 is 28.8. The average Bonchev–Trinajstić information content (AvgIpc) is 3.04. The second-order valence-corrected chi connectivity index (χ2v) is 8.24. The van der Waals surface area contributed by atoms with Crippen molar-refractivity contribution < 1.29 is 8.42 Å². The molecule has 2 aromatic rings. The summed E-state index contributed by atoms with van der Waals surface area (Å²) in [5.74, 6) is 0. The summed E-state index contributed by atoms with van der Waals surface area (Å²) >= 11 is 0. The molecule has 1 fully saturated rings. The lowest BCUT2D eigenvalue weighted by Crippen LogP contribution is -2.38. The molecule has 2 aromatic carbocycles. The Morgan fingerprint density at radius 1 is 1.04 bits per heavy atom. The van der Waals surface area contributed by atoms with Gasteiger partial charge in [0, 0.05) is 30.7 Å². The SMILES string of the molecule is CC(C)N1CC[C@@H](NS(=O)(=O)c2ccccc2-c2ccccc2)C1. The zero-order chi connectivity index (χ0) is 17.2. The van der Waals surface area contributed by atoms with Gasteiger partial charge in [0.25, 0.3) is 0 Å². The molecule has 0 saturated carbocycles. The third kappa shape index (κ3) is 3.69. The monoisotopic (exact) mass is 344 g/mol. The number of nitrogens with zero attached hydrogens (tertiary/aromatic N) is 1. The number of nitrogens with one attached hydrogen (secondary N) is 1. The molecule has 0 amide bonds. The maximum Gasteiger partial charge on any atom is 0.241 e. The van der Waals surface area contributed by atoms with Gasteiger partial charge in [0.1, 0.15) is 0 Å². The fraction of sp³-hybridized carbons (Fsp3) is 0.368. The number of likely N-dealkylation sites (tertiary alicyclic amines) is 1. The number of hydrogen-bond donors (Lipinski definition) is 1. The first-order valence-corrected chi connectivity index (χ1v) is 9.86. The largest absolute Gasteiger partial charge is 0.299 e. The van der Waals surface area contributed by atoms with Gasteiger partial charge in [-0.15, -0.1) is 0 Å². The van der Waals surface area contributed by atoms with Crippen LogP contribution in [0.15, 0.2) is 59.5 Å². The highest BCUT2D eigenvalue weighted by Crippen LogP contribution is 2.27. The van der Waals surface area contributed by atoms with Gasteiger partial charge in [-0.3, -0.25) is 4.90 Å². The van der Waals surface area contributed by atoms with Gasteiger partial charge in [0.05, 0.1) is 4.90 Å². The zero-order valence-corrected chi connectivity index (χ0v) is 15.0. The van der Waals surface area contributed by atoms with Crippen molar-refractivity contribution >= 4 is 10.0 Å². The Morgan fingerprint density at radius 2 is 1.71 bits per heavy atom. The fourth-order valence-corrected chi connectivity index (χ4v) is 4.68. The van der Waals surface area contributed by atoms with Crippen LogP contribution in [0.25, 0.3) is 11.1 Å². The van der Waals surface area contributed by atoms with Crippen LogP contribution in [0, 0.1) is 0 Å². The first kappa shape index (κ1) is 17.1. The summed E-state index contributed by atoms with van der Waals surface area (Å²) in [5.41, 5.74) is 1.65. The minimum absolute atomic E-state index is 0.0266. The number of sulfonamides is 1. The molecule has 0 spiro atoms. The Kier molecular flexibility index (Phi) is 5.04. The molecular formula is C19H24N2O2S. The maximum atomic E-state index is 12.9. The van der Waals surface area contributed by atoms with E-state index in [1.807, 2.05) is 42.5 Å². The smallest absolute Gasteiger partial charge is 0.241 e. The predicted molar refractivity (Wildman–Crippen MR) is 97.3 cm³/mol. The van der Waals surface area contributed by atoms with Gasteiger partial charge in [-0.1, -0.05) is 48.5 Å². The van der Waals surface area contributed by atoms with Crippen molar-refractivity contribution in [2.24, 2.45) is 0 Å². The highest BCUT2D eigenvalue weighted by Gasteiger charge is 2.29. The van der Waals surface area contributed by atoms with E-state index in [0.717, 1.165) is 30.6 Å². The lowest BCUT2D eigenvalue weighted by atomic mass is 10.1. The van der Waals surface area contributed by atoms with E-state index >= 15 is 0 Å². The molecule has 0 unspecified atom stereocenters. The van der Waals surface area contributed by atoms with E-state index in [1.165, 1.54) is 0 Å². The van der Waals surface area contributed by atoms with Crippen molar-refractivity contribution in [1.82, 2.24) is 9.62 Å². The van der Waals surface area contributed by atoms with Crippen LogP contribution in [0.1, 0.15) is 20.3 Å². The minimum Gasteiger partial charge on any atom is -0.299 e. The number of rotatable bonds is 5. The molecule has 1 aliphatic heterocycles. The molecule has 5 heteroatoms. The third-order valence-electron chi connectivity index (χ3n) is 4.53. The van der Waals surface area contributed by atoms with E-state index in [9.17, 15) is 8.42 Å². The van der Waals surface area contributed by atoms with E-state index in [0.29, 0.717) is 10.9 Å². The Labute approximate surface area is 144 Å². The normalized spacial score (nSPS) is 19.0. The maximum absolute atomic E-state index is 12.9. The summed E-state index contributed by atoms with van der Waals surface area (Å²) in [5, 5.41) is 0. The second-order valence-electron chi connectivity index (χ2n) is 6.56. The lowest BCUT2D eigenvalue weighted by molar-refractivity contribution is 0.271. The molecule has 1 atom stereocenters. The van der Waals surface area contributed by atoms with Crippen molar-refractivity contribution in [2.75, 3.05) is 13.1 Å². The van der Waals surface area contributed by atoms with Gasteiger partial charge in [-0.25, -0.2) is 13.1 Å². The van der Waals surface area contributed by atoms with Crippen LogP contribution in [-0.2, 0) is 10.0 Å². The van der Waals surface area contributed by atoms with Gasteiger partial charge in [0.15, 0.2) is 0 Å². The van der Waals surface area contributed by atoms with Gasteiger partial charge in [-0.05, 0) is 31.9 Å². The van der Waals surface area contributed by atoms with Crippen molar-refractivity contribution in [1.29, 1.82) is 0 Å². The summed E-state index contributed by atoms with van der Waals surface area (Å²) in [6, 6.07) is 17.2. The lowest BCUT2D eigenvalue weighted by Gasteiger charge is -2.20. The first-order chi connectivity index (χ1) is 11.5. The Balaban J connectivity index is 1.86. The molecule has 1 aliphatic rings. The van der Waals surface area contributed by atoms with E-state index < -0.39 is 10.0 Å². The highest BCUT2D eigenvalue weighted by molar-refractivity contribution is 7.89. The second kappa shape index (κ2) is 7.05. The Morgan fingerprint density at radius 3 is 2.38 bits per heavy atom. The van der Waals surface area contributed by atoms with Crippen molar-refractivity contribution in [3.05, 3.63) is 54.6 Å². The molecule has 1 heterocycles. The molecule has 0 bridgehead atoms. The van der Waals surface area contributed by atoms with Crippen LogP contribution >= 0.6 is 0 Å².